The fourth-order valence-corrected chi connectivity index (χ4v) is 2.86. The van der Waals surface area contributed by atoms with Gasteiger partial charge in [0.1, 0.15) is 0 Å². The Bertz CT molecular complexity index is 1070. The van der Waals surface area contributed by atoms with Crippen molar-refractivity contribution in [2.24, 2.45) is 0 Å². The second-order valence-corrected chi connectivity index (χ2v) is 6.78. The third-order valence-corrected chi connectivity index (χ3v) is 4.57. The highest BCUT2D eigenvalue weighted by Crippen LogP contribution is 2.38. The number of aromatic nitrogens is 2. The Hall–Kier alpha value is -4.08. The summed E-state index contributed by atoms with van der Waals surface area (Å²) in [6, 6.07) is 10.6. The van der Waals surface area contributed by atoms with Crippen LogP contribution >= 0.6 is 0 Å². The predicted molar refractivity (Wildman–Crippen MR) is 114 cm³/mol. The molecule has 2 aromatic carbocycles. The number of methoxy groups -OCH3 is 3. The summed E-state index contributed by atoms with van der Waals surface area (Å²) in [5.41, 5.74) is 6.86. The molecule has 10 nitrogen and oxygen atoms in total. The van der Waals surface area contributed by atoms with Crippen LogP contribution in [0.2, 0.25) is 0 Å². The molecular weight excluding hydrogens is 416 g/mol. The molecule has 32 heavy (non-hydrogen) atoms. The van der Waals surface area contributed by atoms with E-state index in [0.717, 1.165) is 11.1 Å². The number of hydrogen-bond donors (Lipinski definition) is 2. The topological polar surface area (TPSA) is 125 Å². The van der Waals surface area contributed by atoms with E-state index in [-0.39, 0.29) is 18.4 Å². The largest absolute Gasteiger partial charge is 0.493 e. The monoisotopic (exact) mass is 440 g/mol. The van der Waals surface area contributed by atoms with Crippen molar-refractivity contribution in [2.45, 2.75) is 19.8 Å². The number of carbonyl (C=O) groups excluding carboxylic acids is 2. The number of aryl methyl sites for hydroxylation is 2. The fourth-order valence-electron chi connectivity index (χ4n) is 2.86. The fraction of sp³-hybridized carbons (Fsp3) is 0.273. The summed E-state index contributed by atoms with van der Waals surface area (Å²) in [5.74, 6) is 0.758. The van der Waals surface area contributed by atoms with Crippen molar-refractivity contribution in [3.8, 4) is 28.7 Å². The summed E-state index contributed by atoms with van der Waals surface area (Å²) in [6.45, 7) is 1.99. The molecule has 0 fully saturated rings. The molecule has 0 aliphatic rings. The minimum Gasteiger partial charge on any atom is -0.493 e. The van der Waals surface area contributed by atoms with Crippen LogP contribution in [0.5, 0.6) is 17.2 Å². The average molecular weight is 440 g/mol. The second kappa shape index (κ2) is 10.3. The van der Waals surface area contributed by atoms with Gasteiger partial charge in [-0.1, -0.05) is 17.7 Å². The lowest BCUT2D eigenvalue weighted by atomic mass is 10.1. The van der Waals surface area contributed by atoms with E-state index in [1.165, 1.54) is 33.5 Å². The van der Waals surface area contributed by atoms with Crippen molar-refractivity contribution in [1.29, 1.82) is 0 Å². The van der Waals surface area contributed by atoms with E-state index in [4.69, 9.17) is 18.6 Å². The summed E-state index contributed by atoms with van der Waals surface area (Å²) < 4.78 is 21.3. The maximum Gasteiger partial charge on any atom is 0.269 e. The van der Waals surface area contributed by atoms with Crippen molar-refractivity contribution in [3.63, 3.8) is 0 Å². The van der Waals surface area contributed by atoms with Crippen LogP contribution in [-0.4, -0.2) is 43.3 Å². The maximum atomic E-state index is 12.4. The zero-order valence-corrected chi connectivity index (χ0v) is 18.2. The van der Waals surface area contributed by atoms with Gasteiger partial charge in [-0.3, -0.25) is 20.4 Å². The maximum absolute atomic E-state index is 12.4. The Morgan fingerprint density at radius 1 is 0.938 bits per heavy atom. The molecule has 2 amide bonds. The highest BCUT2D eigenvalue weighted by atomic mass is 16.5. The van der Waals surface area contributed by atoms with Gasteiger partial charge in [0.2, 0.25) is 23.4 Å². The highest BCUT2D eigenvalue weighted by molar-refractivity contribution is 5.96. The zero-order chi connectivity index (χ0) is 23.1. The molecule has 0 aliphatic carbocycles. The number of rotatable bonds is 8. The Labute approximate surface area is 184 Å². The Morgan fingerprint density at radius 3 is 2.19 bits per heavy atom. The van der Waals surface area contributed by atoms with Crippen molar-refractivity contribution in [3.05, 3.63) is 53.4 Å². The smallest absolute Gasteiger partial charge is 0.269 e. The summed E-state index contributed by atoms with van der Waals surface area (Å²) >= 11 is 0. The molecule has 0 unspecified atom stereocenters. The van der Waals surface area contributed by atoms with E-state index in [2.05, 4.69) is 21.0 Å². The number of nitrogens with one attached hydrogen (secondary N) is 2. The third kappa shape index (κ3) is 5.34. The van der Waals surface area contributed by atoms with E-state index < -0.39 is 11.8 Å². The van der Waals surface area contributed by atoms with Gasteiger partial charge in [0, 0.05) is 24.0 Å². The van der Waals surface area contributed by atoms with Crippen LogP contribution in [0.4, 0.5) is 0 Å². The van der Waals surface area contributed by atoms with Crippen LogP contribution in [-0.2, 0) is 11.2 Å². The summed E-state index contributed by atoms with van der Waals surface area (Å²) in [5, 5.41) is 7.96. The molecule has 168 valence electrons. The van der Waals surface area contributed by atoms with Crippen molar-refractivity contribution in [1.82, 2.24) is 21.0 Å². The minimum absolute atomic E-state index is 0.0467. The molecule has 1 aromatic heterocycles. The lowest BCUT2D eigenvalue weighted by Crippen LogP contribution is -2.41. The van der Waals surface area contributed by atoms with E-state index in [1.807, 2.05) is 31.2 Å². The molecule has 0 saturated carbocycles. The van der Waals surface area contributed by atoms with Crippen LogP contribution in [0.25, 0.3) is 11.5 Å². The van der Waals surface area contributed by atoms with Gasteiger partial charge in [-0.05, 0) is 31.2 Å². The SMILES string of the molecule is COc1cc(C(=O)NNC(=O)CCc2nnc(-c3ccc(C)cc3)o2)cc(OC)c1OC. The molecular formula is C22H24N4O6. The molecule has 0 saturated heterocycles. The van der Waals surface area contributed by atoms with Crippen molar-refractivity contribution in [2.75, 3.05) is 21.3 Å². The summed E-state index contributed by atoms with van der Waals surface area (Å²) in [6.07, 6.45) is 0.274. The average Bonchev–Trinajstić information content (AvgIpc) is 3.29. The first-order chi connectivity index (χ1) is 15.4. The number of hydrogen-bond acceptors (Lipinski definition) is 8. The first-order valence-electron chi connectivity index (χ1n) is 9.73. The second-order valence-electron chi connectivity index (χ2n) is 6.78. The zero-order valence-electron chi connectivity index (χ0n) is 18.2. The molecule has 3 aromatic rings. The first-order valence-corrected chi connectivity index (χ1v) is 9.73. The highest BCUT2D eigenvalue weighted by Gasteiger charge is 2.17. The third-order valence-electron chi connectivity index (χ3n) is 4.57. The Morgan fingerprint density at radius 2 is 1.59 bits per heavy atom. The number of ether oxygens (including phenoxy) is 3. The van der Waals surface area contributed by atoms with E-state index in [9.17, 15) is 9.59 Å². The molecule has 0 aliphatic heterocycles. The van der Waals surface area contributed by atoms with Crippen LogP contribution in [0.1, 0.15) is 28.2 Å². The number of benzene rings is 2. The molecule has 3 rings (SSSR count). The van der Waals surface area contributed by atoms with Crippen LogP contribution < -0.4 is 25.1 Å². The minimum atomic E-state index is -0.544. The molecule has 0 bridgehead atoms. The van der Waals surface area contributed by atoms with Gasteiger partial charge in [0.25, 0.3) is 5.91 Å². The van der Waals surface area contributed by atoms with Crippen LogP contribution in [0.15, 0.2) is 40.8 Å². The summed E-state index contributed by atoms with van der Waals surface area (Å²) in [7, 11) is 4.36. The van der Waals surface area contributed by atoms with Crippen LogP contribution in [0, 0.1) is 6.92 Å². The first kappa shape index (κ1) is 22.6. The molecule has 0 atom stereocenters. The quantitative estimate of drug-likeness (QED) is 0.512. The molecule has 2 N–H and O–H groups in total. The number of amides is 2. The normalized spacial score (nSPS) is 10.4. The van der Waals surface area contributed by atoms with Crippen molar-refractivity contribution < 1.29 is 28.2 Å². The standard InChI is InChI=1S/C22H24N4O6/c1-13-5-7-14(8-6-13)22-26-24-19(32-22)10-9-18(27)23-25-21(28)15-11-16(29-2)20(31-4)17(12-15)30-3/h5-8,11-12H,9-10H2,1-4H3,(H,23,27)(H,25,28). The Balaban J connectivity index is 1.54. The van der Waals surface area contributed by atoms with E-state index >= 15 is 0 Å². The van der Waals surface area contributed by atoms with Gasteiger partial charge < -0.3 is 18.6 Å². The van der Waals surface area contributed by atoms with Gasteiger partial charge in [0.05, 0.1) is 21.3 Å². The summed E-state index contributed by atoms with van der Waals surface area (Å²) in [4.78, 5) is 24.6. The predicted octanol–water partition coefficient (Wildman–Crippen LogP) is 2.46. The molecule has 0 radical (unpaired) electrons. The van der Waals surface area contributed by atoms with Gasteiger partial charge in [-0.25, -0.2) is 0 Å². The van der Waals surface area contributed by atoms with Gasteiger partial charge in [-0.15, -0.1) is 10.2 Å². The van der Waals surface area contributed by atoms with Crippen LogP contribution in [0.3, 0.4) is 0 Å². The molecule has 0 spiro atoms. The van der Waals surface area contributed by atoms with Gasteiger partial charge in [-0.2, -0.15) is 0 Å². The van der Waals surface area contributed by atoms with Gasteiger partial charge in [0.15, 0.2) is 11.5 Å². The van der Waals surface area contributed by atoms with Gasteiger partial charge >= 0.3 is 0 Å². The molecule has 1 heterocycles. The lowest BCUT2D eigenvalue weighted by Gasteiger charge is -2.14. The molecule has 10 heteroatoms. The van der Waals surface area contributed by atoms with E-state index in [0.29, 0.717) is 29.0 Å². The number of nitrogens with zero attached hydrogens (tertiary/aromatic N) is 2. The number of hydrazine groups is 1. The number of carbonyl (C=O) groups is 2. The van der Waals surface area contributed by atoms with Crippen molar-refractivity contribution >= 4 is 11.8 Å². The Kier molecular flexibility index (Phi) is 7.27. The lowest BCUT2D eigenvalue weighted by molar-refractivity contribution is -0.121. The van der Waals surface area contributed by atoms with E-state index in [1.54, 1.807) is 0 Å².